The summed E-state index contributed by atoms with van der Waals surface area (Å²) in [6, 6.07) is 6.76. The van der Waals surface area contributed by atoms with Crippen LogP contribution in [0, 0.1) is 11.6 Å². The molecular weight excluding hydrogens is 377 g/mol. The van der Waals surface area contributed by atoms with Crippen LogP contribution in [0.1, 0.15) is 17.3 Å². The number of rotatable bonds is 5. The monoisotopic (exact) mass is 389 g/mol. The number of esters is 1. The molecule has 0 radical (unpaired) electrons. The van der Waals surface area contributed by atoms with Crippen LogP contribution in [-0.2, 0) is 9.53 Å². The lowest BCUT2D eigenvalue weighted by atomic mass is 10.2. The molecule has 0 spiro atoms. The fraction of sp³-hybridized carbons (Fsp3) is 0.176. The van der Waals surface area contributed by atoms with Gasteiger partial charge in [0, 0.05) is 0 Å². The molecule has 0 unspecified atom stereocenters. The summed E-state index contributed by atoms with van der Waals surface area (Å²) in [6.07, 6.45) is -6.31. The molecule has 0 saturated heterocycles. The number of carbonyl (C=O) groups is 2. The Morgan fingerprint density at radius 1 is 1.00 bits per heavy atom. The highest BCUT2D eigenvalue weighted by Gasteiger charge is 2.31. The first kappa shape index (κ1) is 20.1. The van der Waals surface area contributed by atoms with Gasteiger partial charge in [0.25, 0.3) is 5.91 Å². The Morgan fingerprint density at radius 2 is 1.56 bits per heavy atom. The molecule has 0 fully saturated rings. The second-order valence-corrected chi connectivity index (χ2v) is 5.21. The van der Waals surface area contributed by atoms with E-state index in [1.165, 1.54) is 0 Å². The van der Waals surface area contributed by atoms with Crippen LogP contribution in [0.5, 0.6) is 5.75 Å². The number of para-hydroxylation sites is 1. The van der Waals surface area contributed by atoms with Gasteiger partial charge >= 0.3 is 12.3 Å². The zero-order valence-corrected chi connectivity index (χ0v) is 13.6. The number of hydrogen-bond donors (Lipinski definition) is 1. The van der Waals surface area contributed by atoms with Gasteiger partial charge in [-0.05, 0) is 43.3 Å². The molecule has 144 valence electrons. The number of amides is 1. The molecule has 0 aliphatic rings. The summed E-state index contributed by atoms with van der Waals surface area (Å²) in [7, 11) is 0. The topological polar surface area (TPSA) is 64.6 Å². The summed E-state index contributed by atoms with van der Waals surface area (Å²) >= 11 is 0. The van der Waals surface area contributed by atoms with Crippen molar-refractivity contribution in [2.45, 2.75) is 19.4 Å². The number of alkyl halides is 3. The molecule has 1 atom stereocenters. The van der Waals surface area contributed by atoms with E-state index < -0.39 is 47.4 Å². The van der Waals surface area contributed by atoms with Gasteiger partial charge in [0.15, 0.2) is 6.10 Å². The zero-order chi connectivity index (χ0) is 20.2. The van der Waals surface area contributed by atoms with Gasteiger partial charge < -0.3 is 14.8 Å². The van der Waals surface area contributed by atoms with Gasteiger partial charge in [-0.1, -0.05) is 6.07 Å². The lowest BCUT2D eigenvalue weighted by Gasteiger charge is -2.14. The van der Waals surface area contributed by atoms with Crippen molar-refractivity contribution >= 4 is 17.6 Å². The van der Waals surface area contributed by atoms with E-state index in [4.69, 9.17) is 4.74 Å². The first-order valence-corrected chi connectivity index (χ1v) is 7.38. The molecule has 0 heterocycles. The van der Waals surface area contributed by atoms with Crippen molar-refractivity contribution in [3.05, 3.63) is 59.7 Å². The van der Waals surface area contributed by atoms with Crippen LogP contribution < -0.4 is 10.1 Å². The second-order valence-electron chi connectivity index (χ2n) is 5.21. The Kier molecular flexibility index (Phi) is 5.98. The lowest BCUT2D eigenvalue weighted by molar-refractivity contribution is -0.274. The molecule has 2 aromatic rings. The maximum Gasteiger partial charge on any atom is 0.573 e. The smallest absolute Gasteiger partial charge is 0.449 e. The molecule has 27 heavy (non-hydrogen) atoms. The number of carbonyl (C=O) groups excluding carboxylic acids is 2. The van der Waals surface area contributed by atoms with Crippen molar-refractivity contribution in [3.63, 3.8) is 0 Å². The number of halogens is 5. The molecule has 2 aromatic carbocycles. The third-order valence-corrected chi connectivity index (χ3v) is 3.19. The standard InChI is InChI=1S/C17H12F5NO4/c1-9(15(24)23-14-12(18)3-2-4-13(14)19)26-16(25)10-5-7-11(8-6-10)27-17(20,21)22/h2-9H,1H3,(H,23,24)/t9-/m1/s1. The van der Waals surface area contributed by atoms with Crippen molar-refractivity contribution in [3.8, 4) is 5.75 Å². The largest absolute Gasteiger partial charge is 0.573 e. The molecular formula is C17H12F5NO4. The van der Waals surface area contributed by atoms with Gasteiger partial charge in [-0.2, -0.15) is 0 Å². The fourth-order valence-corrected chi connectivity index (χ4v) is 1.92. The predicted octanol–water partition coefficient (Wildman–Crippen LogP) is 4.05. The Morgan fingerprint density at radius 3 is 2.07 bits per heavy atom. The Labute approximate surface area is 149 Å². The van der Waals surface area contributed by atoms with Crippen LogP contribution in [0.3, 0.4) is 0 Å². The van der Waals surface area contributed by atoms with Crippen molar-refractivity contribution in [2.75, 3.05) is 5.32 Å². The van der Waals surface area contributed by atoms with Gasteiger partial charge in [0.05, 0.1) is 5.56 Å². The second kappa shape index (κ2) is 8.02. The van der Waals surface area contributed by atoms with Crippen LogP contribution in [0.4, 0.5) is 27.6 Å². The van der Waals surface area contributed by atoms with Gasteiger partial charge in [-0.3, -0.25) is 4.79 Å². The summed E-state index contributed by atoms with van der Waals surface area (Å²) in [5, 5.41) is 1.96. The lowest BCUT2D eigenvalue weighted by Crippen LogP contribution is -2.30. The average Bonchev–Trinajstić information content (AvgIpc) is 2.57. The van der Waals surface area contributed by atoms with E-state index in [0.717, 1.165) is 49.4 Å². The molecule has 0 aromatic heterocycles. The molecule has 0 aliphatic heterocycles. The summed E-state index contributed by atoms with van der Waals surface area (Å²) < 4.78 is 71.8. The van der Waals surface area contributed by atoms with Crippen LogP contribution >= 0.6 is 0 Å². The van der Waals surface area contributed by atoms with E-state index in [0.29, 0.717) is 0 Å². The van der Waals surface area contributed by atoms with E-state index in [9.17, 15) is 31.5 Å². The van der Waals surface area contributed by atoms with E-state index in [1.54, 1.807) is 0 Å². The van der Waals surface area contributed by atoms with Gasteiger partial charge in [-0.15, -0.1) is 13.2 Å². The van der Waals surface area contributed by atoms with Crippen LogP contribution in [-0.4, -0.2) is 24.3 Å². The Balaban J connectivity index is 1.99. The molecule has 0 saturated carbocycles. The molecule has 2 rings (SSSR count). The SMILES string of the molecule is C[C@@H](OC(=O)c1ccc(OC(F)(F)F)cc1)C(=O)Nc1c(F)cccc1F. The van der Waals surface area contributed by atoms with E-state index in [1.807, 2.05) is 5.32 Å². The highest BCUT2D eigenvalue weighted by molar-refractivity contribution is 5.97. The minimum Gasteiger partial charge on any atom is -0.449 e. The molecule has 10 heteroatoms. The summed E-state index contributed by atoms with van der Waals surface area (Å²) in [4.78, 5) is 23.9. The molecule has 0 aliphatic carbocycles. The highest BCUT2D eigenvalue weighted by Crippen LogP contribution is 2.23. The number of benzene rings is 2. The van der Waals surface area contributed by atoms with Gasteiger partial charge in [-0.25, -0.2) is 13.6 Å². The fourth-order valence-electron chi connectivity index (χ4n) is 1.92. The minimum atomic E-state index is -4.88. The molecule has 1 amide bonds. The molecule has 0 bridgehead atoms. The number of anilines is 1. The van der Waals surface area contributed by atoms with Crippen LogP contribution in [0.25, 0.3) is 0 Å². The van der Waals surface area contributed by atoms with Gasteiger partial charge in [0.1, 0.15) is 23.1 Å². The quantitative estimate of drug-likeness (QED) is 0.619. The summed E-state index contributed by atoms with van der Waals surface area (Å²) in [5.41, 5.74) is -0.847. The van der Waals surface area contributed by atoms with Crippen molar-refractivity contribution in [2.24, 2.45) is 0 Å². The Bertz CT molecular complexity index is 816. The maximum absolute atomic E-state index is 13.5. The Hall–Kier alpha value is -3.17. The van der Waals surface area contributed by atoms with Crippen molar-refractivity contribution < 1.29 is 41.0 Å². The number of nitrogens with one attached hydrogen (secondary N) is 1. The first-order chi connectivity index (χ1) is 12.6. The van der Waals surface area contributed by atoms with Crippen LogP contribution in [0.15, 0.2) is 42.5 Å². The predicted molar refractivity (Wildman–Crippen MR) is 83.0 cm³/mol. The van der Waals surface area contributed by atoms with E-state index in [2.05, 4.69) is 4.74 Å². The highest BCUT2D eigenvalue weighted by atomic mass is 19.4. The summed E-state index contributed by atoms with van der Waals surface area (Å²) in [6.45, 7) is 1.16. The molecule has 5 nitrogen and oxygen atoms in total. The first-order valence-electron chi connectivity index (χ1n) is 7.38. The normalized spacial score (nSPS) is 12.2. The van der Waals surface area contributed by atoms with E-state index in [-0.39, 0.29) is 5.56 Å². The zero-order valence-electron chi connectivity index (χ0n) is 13.6. The summed E-state index contributed by atoms with van der Waals surface area (Å²) in [5.74, 6) is -4.58. The minimum absolute atomic E-state index is 0.152. The third kappa shape index (κ3) is 5.66. The van der Waals surface area contributed by atoms with Crippen LogP contribution in [0.2, 0.25) is 0 Å². The number of ether oxygens (including phenoxy) is 2. The van der Waals surface area contributed by atoms with Crippen molar-refractivity contribution in [1.29, 1.82) is 0 Å². The molecule has 1 N–H and O–H groups in total. The average molecular weight is 389 g/mol. The van der Waals surface area contributed by atoms with E-state index >= 15 is 0 Å². The maximum atomic E-state index is 13.5. The number of hydrogen-bond acceptors (Lipinski definition) is 4. The van der Waals surface area contributed by atoms with Gasteiger partial charge in [0.2, 0.25) is 0 Å². The third-order valence-electron chi connectivity index (χ3n) is 3.19. The van der Waals surface area contributed by atoms with Crippen molar-refractivity contribution in [1.82, 2.24) is 0 Å².